The van der Waals surface area contributed by atoms with E-state index >= 15 is 0 Å². The van der Waals surface area contributed by atoms with Crippen molar-refractivity contribution in [2.75, 3.05) is 18.5 Å². The molecule has 0 fully saturated rings. The molecule has 0 spiro atoms. The Balaban J connectivity index is 1.78. The third-order valence-electron chi connectivity index (χ3n) is 4.19. The van der Waals surface area contributed by atoms with Crippen molar-refractivity contribution in [2.45, 2.75) is 32.6 Å². The zero-order chi connectivity index (χ0) is 21.1. The Bertz CT molecular complexity index is 837. The lowest BCUT2D eigenvalue weighted by Gasteiger charge is -2.13. The Morgan fingerprint density at radius 3 is 2.48 bits per heavy atom. The molecule has 0 aliphatic rings. The van der Waals surface area contributed by atoms with Gasteiger partial charge in [-0.25, -0.2) is 0 Å². The summed E-state index contributed by atoms with van der Waals surface area (Å²) in [4.78, 5) is 34.5. The van der Waals surface area contributed by atoms with Crippen LogP contribution < -0.4 is 21.1 Å². The molecule has 7 nitrogen and oxygen atoms in total. The number of hydrogen-bond acceptors (Lipinski definition) is 4. The zero-order valence-electron chi connectivity index (χ0n) is 16.6. The quantitative estimate of drug-likeness (QED) is 0.506. The van der Waals surface area contributed by atoms with Crippen LogP contribution in [0.3, 0.4) is 0 Å². The molecule has 0 heterocycles. The van der Waals surface area contributed by atoms with Gasteiger partial charge in [-0.1, -0.05) is 24.3 Å². The van der Waals surface area contributed by atoms with Gasteiger partial charge < -0.3 is 21.1 Å². The number of nitrogens with one attached hydrogen (secondary N) is 2. The minimum atomic E-state index is -0.555. The molecule has 2 aromatic rings. The molecule has 0 radical (unpaired) electrons. The molecule has 0 saturated carbocycles. The first-order valence-electron chi connectivity index (χ1n) is 9.60. The standard InChI is InChI=1S/C22H27N3O4/c1-16-11-12-18(25-22(28)17-8-4-2-5-9-17)19(14-16)29-13-7-3-6-10-21(27)24-15-20(23)26/h2,4-5,8-9,11-12,14H,3,6-7,10,13,15H2,1H3,(H2,23,26)(H,24,27)(H,25,28). The molecule has 0 atom stereocenters. The van der Waals surface area contributed by atoms with Crippen LogP contribution >= 0.6 is 0 Å². The van der Waals surface area contributed by atoms with Gasteiger partial charge in [-0.05, 0) is 56.0 Å². The maximum Gasteiger partial charge on any atom is 0.255 e. The normalized spacial score (nSPS) is 10.2. The topological polar surface area (TPSA) is 111 Å². The van der Waals surface area contributed by atoms with Crippen LogP contribution in [0.25, 0.3) is 0 Å². The van der Waals surface area contributed by atoms with Gasteiger partial charge in [0, 0.05) is 12.0 Å². The van der Waals surface area contributed by atoms with E-state index in [9.17, 15) is 14.4 Å². The Morgan fingerprint density at radius 2 is 1.76 bits per heavy atom. The van der Waals surface area contributed by atoms with Crippen molar-refractivity contribution in [3.05, 3.63) is 59.7 Å². The van der Waals surface area contributed by atoms with Crippen LogP contribution in [0.4, 0.5) is 5.69 Å². The second-order valence-electron chi connectivity index (χ2n) is 6.72. The number of carbonyl (C=O) groups excluding carboxylic acids is 3. The number of primary amides is 1. The number of benzene rings is 2. The van der Waals surface area contributed by atoms with E-state index in [1.165, 1.54) is 0 Å². The van der Waals surface area contributed by atoms with E-state index < -0.39 is 5.91 Å². The second kappa shape index (κ2) is 11.5. The number of carbonyl (C=O) groups is 3. The average Bonchev–Trinajstić information content (AvgIpc) is 2.71. The van der Waals surface area contributed by atoms with E-state index in [-0.39, 0.29) is 18.4 Å². The van der Waals surface area contributed by atoms with E-state index in [1.54, 1.807) is 12.1 Å². The van der Waals surface area contributed by atoms with Crippen LogP contribution in [-0.4, -0.2) is 30.9 Å². The summed E-state index contributed by atoms with van der Waals surface area (Å²) >= 11 is 0. The molecule has 3 amide bonds. The highest BCUT2D eigenvalue weighted by molar-refractivity contribution is 6.05. The van der Waals surface area contributed by atoms with Crippen molar-refractivity contribution in [2.24, 2.45) is 5.73 Å². The van der Waals surface area contributed by atoms with Crippen molar-refractivity contribution in [3.63, 3.8) is 0 Å². The van der Waals surface area contributed by atoms with Gasteiger partial charge >= 0.3 is 0 Å². The molecule has 2 rings (SSSR count). The van der Waals surface area contributed by atoms with Gasteiger partial charge in [0.15, 0.2) is 0 Å². The summed E-state index contributed by atoms with van der Waals surface area (Å²) in [5.74, 6) is -0.316. The maximum atomic E-state index is 12.4. The van der Waals surface area contributed by atoms with Crippen LogP contribution in [0.15, 0.2) is 48.5 Å². The number of amides is 3. The lowest BCUT2D eigenvalue weighted by molar-refractivity contribution is -0.124. The van der Waals surface area contributed by atoms with Crippen molar-refractivity contribution < 1.29 is 19.1 Å². The number of unbranched alkanes of at least 4 members (excludes halogenated alkanes) is 2. The molecule has 29 heavy (non-hydrogen) atoms. The van der Waals surface area contributed by atoms with E-state index in [0.29, 0.717) is 36.4 Å². The summed E-state index contributed by atoms with van der Waals surface area (Å²) in [7, 11) is 0. The highest BCUT2D eigenvalue weighted by Gasteiger charge is 2.10. The van der Waals surface area contributed by atoms with E-state index in [1.807, 2.05) is 43.3 Å². The molecular formula is C22H27N3O4. The lowest BCUT2D eigenvalue weighted by atomic mass is 10.1. The van der Waals surface area contributed by atoms with Gasteiger partial charge in [0.05, 0.1) is 18.8 Å². The fourth-order valence-electron chi connectivity index (χ4n) is 2.66. The average molecular weight is 397 g/mol. The Labute approximate surface area is 170 Å². The highest BCUT2D eigenvalue weighted by Crippen LogP contribution is 2.26. The van der Waals surface area contributed by atoms with Crippen molar-refractivity contribution >= 4 is 23.4 Å². The summed E-state index contributed by atoms with van der Waals surface area (Å²) in [5.41, 5.74) is 7.21. The third kappa shape index (κ3) is 8.04. The Morgan fingerprint density at radius 1 is 1.00 bits per heavy atom. The first kappa shape index (κ1) is 21.9. The molecule has 0 unspecified atom stereocenters. The van der Waals surface area contributed by atoms with Crippen molar-refractivity contribution in [1.82, 2.24) is 5.32 Å². The highest BCUT2D eigenvalue weighted by atomic mass is 16.5. The number of hydrogen-bond donors (Lipinski definition) is 3. The van der Waals surface area contributed by atoms with Crippen molar-refractivity contribution in [1.29, 1.82) is 0 Å². The van der Waals surface area contributed by atoms with Crippen LogP contribution in [-0.2, 0) is 9.59 Å². The molecule has 0 aliphatic carbocycles. The van der Waals surface area contributed by atoms with Gasteiger partial charge in [-0.2, -0.15) is 0 Å². The summed E-state index contributed by atoms with van der Waals surface area (Å²) in [5, 5.41) is 5.35. The summed E-state index contributed by atoms with van der Waals surface area (Å²) in [6.45, 7) is 2.30. The largest absolute Gasteiger partial charge is 0.491 e. The number of rotatable bonds is 11. The van der Waals surface area contributed by atoms with Gasteiger partial charge in [0.2, 0.25) is 11.8 Å². The maximum absolute atomic E-state index is 12.4. The number of aryl methyl sites for hydroxylation is 1. The van der Waals surface area contributed by atoms with Gasteiger partial charge in [-0.15, -0.1) is 0 Å². The summed E-state index contributed by atoms with van der Waals surface area (Å²) in [6.07, 6.45) is 2.61. The lowest BCUT2D eigenvalue weighted by Crippen LogP contribution is -2.33. The molecule has 0 aromatic heterocycles. The molecule has 0 saturated heterocycles. The van der Waals surface area contributed by atoms with Gasteiger partial charge in [-0.3, -0.25) is 14.4 Å². The zero-order valence-corrected chi connectivity index (χ0v) is 16.6. The number of nitrogens with two attached hydrogens (primary N) is 1. The smallest absolute Gasteiger partial charge is 0.255 e. The number of ether oxygens (including phenoxy) is 1. The van der Waals surface area contributed by atoms with E-state index in [0.717, 1.165) is 18.4 Å². The third-order valence-corrected chi connectivity index (χ3v) is 4.19. The summed E-state index contributed by atoms with van der Waals surface area (Å²) < 4.78 is 5.86. The van der Waals surface area contributed by atoms with Crippen LogP contribution in [0, 0.1) is 6.92 Å². The minimum Gasteiger partial charge on any atom is -0.491 e. The van der Waals surface area contributed by atoms with Gasteiger partial charge in [0.1, 0.15) is 5.75 Å². The molecule has 7 heteroatoms. The molecule has 0 aliphatic heterocycles. The van der Waals surface area contributed by atoms with Crippen LogP contribution in [0.2, 0.25) is 0 Å². The molecular weight excluding hydrogens is 370 g/mol. The van der Waals surface area contributed by atoms with Crippen molar-refractivity contribution in [3.8, 4) is 5.75 Å². The molecule has 154 valence electrons. The monoisotopic (exact) mass is 397 g/mol. The second-order valence-corrected chi connectivity index (χ2v) is 6.72. The Hall–Kier alpha value is -3.35. The molecule has 2 aromatic carbocycles. The first-order valence-corrected chi connectivity index (χ1v) is 9.60. The number of anilines is 1. The van der Waals surface area contributed by atoms with Crippen LogP contribution in [0.1, 0.15) is 41.6 Å². The fourth-order valence-corrected chi connectivity index (χ4v) is 2.66. The predicted molar refractivity (Wildman–Crippen MR) is 112 cm³/mol. The Kier molecular flexibility index (Phi) is 8.69. The van der Waals surface area contributed by atoms with E-state index in [4.69, 9.17) is 10.5 Å². The fraction of sp³-hybridized carbons (Fsp3) is 0.318. The first-order chi connectivity index (χ1) is 14.0. The predicted octanol–water partition coefficient (Wildman–Crippen LogP) is 2.79. The molecule has 4 N–H and O–H groups in total. The van der Waals surface area contributed by atoms with Crippen LogP contribution in [0.5, 0.6) is 5.75 Å². The SMILES string of the molecule is Cc1ccc(NC(=O)c2ccccc2)c(OCCCCCC(=O)NCC(N)=O)c1. The summed E-state index contributed by atoms with van der Waals surface area (Å²) in [6, 6.07) is 14.6. The molecule has 0 bridgehead atoms. The van der Waals surface area contributed by atoms with E-state index in [2.05, 4.69) is 10.6 Å². The van der Waals surface area contributed by atoms with Gasteiger partial charge in [0.25, 0.3) is 5.91 Å². The minimum absolute atomic E-state index is 0.132.